The zero-order valence-corrected chi connectivity index (χ0v) is 16.3. The van der Waals surface area contributed by atoms with Gasteiger partial charge in [0.2, 0.25) is 5.91 Å². The maximum Gasteiger partial charge on any atom is 0.274 e. The average Bonchev–Trinajstić information content (AvgIpc) is 3.14. The van der Waals surface area contributed by atoms with Crippen molar-refractivity contribution in [2.75, 3.05) is 25.0 Å². The molecule has 1 fully saturated rings. The molecule has 1 aliphatic heterocycles. The smallest absolute Gasteiger partial charge is 0.274 e. The van der Waals surface area contributed by atoms with Gasteiger partial charge in [0.25, 0.3) is 5.91 Å². The largest absolute Gasteiger partial charge is 0.342 e. The van der Waals surface area contributed by atoms with E-state index in [2.05, 4.69) is 26.3 Å². The lowest BCUT2D eigenvalue weighted by atomic mass is 10.1. The normalized spacial score (nSPS) is 14.7. The first-order valence-corrected chi connectivity index (χ1v) is 9.82. The summed E-state index contributed by atoms with van der Waals surface area (Å²) in [6, 6.07) is 13.8. The van der Waals surface area contributed by atoms with E-state index in [-0.39, 0.29) is 24.2 Å². The molecule has 1 saturated heterocycles. The quantitative estimate of drug-likeness (QED) is 0.617. The topological polar surface area (TPSA) is 101 Å². The molecular formula is C21H24N6O2. The highest BCUT2D eigenvalue weighted by atomic mass is 16.2. The number of nitrogens with zero attached hydrogens (tertiary/aromatic N) is 3. The van der Waals surface area contributed by atoms with Crippen molar-refractivity contribution < 1.29 is 9.59 Å². The van der Waals surface area contributed by atoms with Crippen molar-refractivity contribution in [3.8, 4) is 0 Å². The van der Waals surface area contributed by atoms with Crippen LogP contribution in [0.5, 0.6) is 0 Å². The summed E-state index contributed by atoms with van der Waals surface area (Å²) in [7, 11) is 0. The van der Waals surface area contributed by atoms with Crippen LogP contribution in [0.2, 0.25) is 0 Å². The van der Waals surface area contributed by atoms with E-state index in [4.69, 9.17) is 0 Å². The minimum atomic E-state index is -0.393. The Bertz CT molecular complexity index is 1030. The predicted octanol–water partition coefficient (Wildman–Crippen LogP) is 2.03. The molecule has 1 aromatic heterocycles. The minimum absolute atomic E-state index is 0.137. The third kappa shape index (κ3) is 4.12. The number of fused-ring (bicyclic) bond motifs is 1. The Morgan fingerprint density at radius 3 is 2.72 bits per heavy atom. The van der Waals surface area contributed by atoms with Gasteiger partial charge in [-0.2, -0.15) is 0 Å². The number of anilines is 1. The molecule has 0 saturated carbocycles. The van der Waals surface area contributed by atoms with E-state index in [9.17, 15) is 9.59 Å². The van der Waals surface area contributed by atoms with E-state index < -0.39 is 5.91 Å². The van der Waals surface area contributed by atoms with Gasteiger partial charge in [0, 0.05) is 11.1 Å². The van der Waals surface area contributed by atoms with Gasteiger partial charge in [-0.25, -0.2) is 4.68 Å². The molecule has 3 aromatic rings. The van der Waals surface area contributed by atoms with E-state index in [1.54, 1.807) is 0 Å². The lowest BCUT2D eigenvalue weighted by Gasteiger charge is -2.23. The number of carbonyl (C=O) groups excluding carboxylic acids is 2. The maximum atomic E-state index is 12.5. The molecule has 4 rings (SSSR count). The predicted molar refractivity (Wildman–Crippen MR) is 111 cm³/mol. The van der Waals surface area contributed by atoms with E-state index in [1.807, 2.05) is 54.1 Å². The summed E-state index contributed by atoms with van der Waals surface area (Å²) < 4.78 is 1.83. The summed E-state index contributed by atoms with van der Waals surface area (Å²) >= 11 is 0. The molecule has 0 bridgehead atoms. The second-order valence-electron chi connectivity index (χ2n) is 7.21. The monoisotopic (exact) mass is 392 g/mol. The van der Waals surface area contributed by atoms with Gasteiger partial charge in [-0.15, -0.1) is 5.10 Å². The van der Waals surface area contributed by atoms with Gasteiger partial charge in [0.1, 0.15) is 0 Å². The number of nitrogens with one attached hydrogen (secondary N) is 3. The number of carbonyl (C=O) groups is 2. The third-order valence-corrected chi connectivity index (χ3v) is 5.27. The Balaban J connectivity index is 1.38. The molecule has 150 valence electrons. The zero-order valence-electron chi connectivity index (χ0n) is 16.3. The summed E-state index contributed by atoms with van der Waals surface area (Å²) in [6.45, 7) is 3.56. The number of hydrogen-bond donors (Lipinski definition) is 3. The van der Waals surface area contributed by atoms with Crippen molar-refractivity contribution in [3.05, 3.63) is 53.9 Å². The number of benzene rings is 2. The summed E-state index contributed by atoms with van der Waals surface area (Å²) in [5.74, 6) is -0.686. The molecule has 0 unspecified atom stereocenters. The van der Waals surface area contributed by atoms with Crippen molar-refractivity contribution in [3.63, 3.8) is 0 Å². The lowest BCUT2D eigenvalue weighted by molar-refractivity contribution is -0.115. The molecule has 8 heteroatoms. The Labute approximate surface area is 168 Å². The van der Waals surface area contributed by atoms with Crippen LogP contribution in [0.3, 0.4) is 0 Å². The molecule has 0 atom stereocenters. The first kappa shape index (κ1) is 19.1. The summed E-state index contributed by atoms with van der Waals surface area (Å²) in [4.78, 5) is 24.9. The number of aromatic nitrogens is 3. The van der Waals surface area contributed by atoms with Crippen LogP contribution in [-0.2, 0) is 4.79 Å². The highest BCUT2D eigenvalue weighted by Gasteiger charge is 2.23. The summed E-state index contributed by atoms with van der Waals surface area (Å²) in [5, 5.41) is 19.0. The van der Waals surface area contributed by atoms with E-state index in [1.165, 1.54) is 0 Å². The number of amides is 2. The van der Waals surface area contributed by atoms with Crippen LogP contribution in [0.1, 0.15) is 35.1 Å². The second kappa shape index (κ2) is 8.40. The third-order valence-electron chi connectivity index (χ3n) is 5.27. The van der Waals surface area contributed by atoms with Crippen LogP contribution in [0.4, 0.5) is 5.69 Å². The second-order valence-corrected chi connectivity index (χ2v) is 7.21. The van der Waals surface area contributed by atoms with Crippen molar-refractivity contribution in [2.45, 2.75) is 25.8 Å². The van der Waals surface area contributed by atoms with Crippen LogP contribution < -0.4 is 16.0 Å². The standard InChI is InChI=1S/C21H24N6O2/c1-14-20(25-26-27(14)16-9-11-22-12-10-16)21(29)23-13-19(28)24-18-8-4-6-15-5-2-3-7-17(15)18/h2-8,16,22H,9-13H2,1H3,(H,23,29)(H,24,28). The fourth-order valence-corrected chi connectivity index (χ4v) is 3.72. The molecule has 2 heterocycles. The van der Waals surface area contributed by atoms with E-state index in [0.29, 0.717) is 0 Å². The highest BCUT2D eigenvalue weighted by Crippen LogP contribution is 2.23. The number of hydrogen-bond acceptors (Lipinski definition) is 5. The highest BCUT2D eigenvalue weighted by molar-refractivity contribution is 6.04. The lowest BCUT2D eigenvalue weighted by Crippen LogP contribution is -2.33. The van der Waals surface area contributed by atoms with Crippen LogP contribution in [0.15, 0.2) is 42.5 Å². The minimum Gasteiger partial charge on any atom is -0.342 e. The molecule has 0 aliphatic carbocycles. The molecule has 3 N–H and O–H groups in total. The first-order chi connectivity index (χ1) is 14.1. The molecule has 2 aromatic carbocycles. The van der Waals surface area contributed by atoms with E-state index in [0.717, 1.165) is 48.1 Å². The molecule has 0 spiro atoms. The van der Waals surface area contributed by atoms with Gasteiger partial charge in [-0.05, 0) is 44.3 Å². The summed E-state index contributed by atoms with van der Waals surface area (Å²) in [5.41, 5.74) is 1.71. The van der Waals surface area contributed by atoms with Gasteiger partial charge in [0.05, 0.1) is 18.3 Å². The van der Waals surface area contributed by atoms with Gasteiger partial charge in [0.15, 0.2) is 5.69 Å². The van der Waals surface area contributed by atoms with Crippen LogP contribution in [0, 0.1) is 6.92 Å². The average molecular weight is 392 g/mol. The van der Waals surface area contributed by atoms with E-state index >= 15 is 0 Å². The van der Waals surface area contributed by atoms with Gasteiger partial charge in [-0.3, -0.25) is 9.59 Å². The molecule has 8 nitrogen and oxygen atoms in total. The van der Waals surface area contributed by atoms with Crippen molar-refractivity contribution in [2.24, 2.45) is 0 Å². The number of piperidine rings is 1. The van der Waals surface area contributed by atoms with Gasteiger partial charge < -0.3 is 16.0 Å². The molecule has 0 radical (unpaired) electrons. The Hall–Kier alpha value is -3.26. The van der Waals surface area contributed by atoms with Gasteiger partial charge >= 0.3 is 0 Å². The van der Waals surface area contributed by atoms with Crippen LogP contribution in [0.25, 0.3) is 10.8 Å². The zero-order chi connectivity index (χ0) is 20.2. The fraction of sp³-hybridized carbons (Fsp3) is 0.333. The Morgan fingerprint density at radius 1 is 1.14 bits per heavy atom. The SMILES string of the molecule is Cc1c(C(=O)NCC(=O)Nc2cccc3ccccc23)nnn1C1CCNCC1. The Kier molecular flexibility index (Phi) is 5.53. The van der Waals surface area contributed by atoms with Crippen LogP contribution in [-0.4, -0.2) is 46.4 Å². The molecule has 2 amide bonds. The van der Waals surface area contributed by atoms with Crippen molar-refractivity contribution >= 4 is 28.3 Å². The maximum absolute atomic E-state index is 12.5. The molecule has 1 aliphatic rings. The van der Waals surface area contributed by atoms with Crippen LogP contribution >= 0.6 is 0 Å². The first-order valence-electron chi connectivity index (χ1n) is 9.82. The fourth-order valence-electron chi connectivity index (χ4n) is 3.72. The van der Waals surface area contributed by atoms with Crippen molar-refractivity contribution in [1.82, 2.24) is 25.6 Å². The van der Waals surface area contributed by atoms with Gasteiger partial charge in [-0.1, -0.05) is 41.6 Å². The summed E-state index contributed by atoms with van der Waals surface area (Å²) in [6.07, 6.45) is 1.91. The number of rotatable bonds is 5. The Morgan fingerprint density at radius 2 is 1.90 bits per heavy atom. The molecule has 29 heavy (non-hydrogen) atoms. The molecular weight excluding hydrogens is 368 g/mol. The van der Waals surface area contributed by atoms with Crippen molar-refractivity contribution in [1.29, 1.82) is 0 Å².